The molecule has 0 amide bonds. The van der Waals surface area contributed by atoms with E-state index in [2.05, 4.69) is 22.0 Å². The highest BCUT2D eigenvalue weighted by atomic mass is 15.2. The highest BCUT2D eigenvalue weighted by Crippen LogP contribution is 2.40. The Morgan fingerprint density at radius 3 is 2.94 bits per heavy atom. The Hall–Kier alpha value is -0.930. The van der Waals surface area contributed by atoms with Gasteiger partial charge in [-0.25, -0.2) is 0 Å². The monoisotopic (exact) mass is 245 g/mol. The van der Waals surface area contributed by atoms with Crippen LogP contribution in [0.2, 0.25) is 0 Å². The number of hydrogen-bond acceptors (Lipinski definition) is 3. The molecule has 3 atom stereocenters. The second-order valence-corrected chi connectivity index (χ2v) is 5.64. The minimum Gasteiger partial charge on any atom is -0.329 e. The highest BCUT2D eigenvalue weighted by Gasteiger charge is 2.38. The number of aromatic nitrogens is 1. The van der Waals surface area contributed by atoms with Crippen molar-refractivity contribution in [1.82, 2.24) is 9.88 Å². The Labute approximate surface area is 109 Å². The Kier molecular flexibility index (Phi) is 3.62. The summed E-state index contributed by atoms with van der Waals surface area (Å²) in [5.41, 5.74) is 7.18. The normalized spacial score (nSPS) is 30.1. The van der Waals surface area contributed by atoms with Crippen molar-refractivity contribution in [3.63, 3.8) is 0 Å². The number of piperidine rings is 1. The summed E-state index contributed by atoms with van der Waals surface area (Å²) in [4.78, 5) is 7.16. The van der Waals surface area contributed by atoms with Gasteiger partial charge in [0.2, 0.25) is 0 Å². The van der Waals surface area contributed by atoms with E-state index in [-0.39, 0.29) is 0 Å². The molecule has 1 aromatic rings. The fourth-order valence-electron chi connectivity index (χ4n) is 3.88. The fourth-order valence-corrected chi connectivity index (χ4v) is 3.88. The SMILES string of the molecule is NCC(c1ccccn1)N1CCCC2CCCC21. The third-order valence-electron chi connectivity index (χ3n) is 4.69. The van der Waals surface area contributed by atoms with Gasteiger partial charge in [-0.1, -0.05) is 12.5 Å². The summed E-state index contributed by atoms with van der Waals surface area (Å²) in [6.07, 6.45) is 8.79. The van der Waals surface area contributed by atoms with Gasteiger partial charge in [0.1, 0.15) is 0 Å². The number of nitrogens with zero attached hydrogens (tertiary/aromatic N) is 2. The molecule has 0 spiro atoms. The predicted octanol–water partition coefficient (Wildman–Crippen LogP) is 2.35. The van der Waals surface area contributed by atoms with Gasteiger partial charge >= 0.3 is 0 Å². The quantitative estimate of drug-likeness (QED) is 0.889. The van der Waals surface area contributed by atoms with Crippen molar-refractivity contribution < 1.29 is 0 Å². The summed E-state index contributed by atoms with van der Waals surface area (Å²) in [5, 5.41) is 0. The van der Waals surface area contributed by atoms with E-state index in [1.54, 1.807) is 0 Å². The molecule has 2 fully saturated rings. The summed E-state index contributed by atoms with van der Waals surface area (Å²) in [5.74, 6) is 0.913. The zero-order chi connectivity index (χ0) is 12.4. The zero-order valence-corrected chi connectivity index (χ0v) is 11.0. The van der Waals surface area contributed by atoms with Gasteiger partial charge in [0, 0.05) is 18.8 Å². The van der Waals surface area contributed by atoms with Crippen LogP contribution in [0.4, 0.5) is 0 Å². The molecule has 3 nitrogen and oxygen atoms in total. The lowest BCUT2D eigenvalue weighted by molar-refractivity contribution is 0.0683. The lowest BCUT2D eigenvalue weighted by Gasteiger charge is -2.42. The average Bonchev–Trinajstić information content (AvgIpc) is 2.90. The van der Waals surface area contributed by atoms with Crippen molar-refractivity contribution >= 4 is 0 Å². The van der Waals surface area contributed by atoms with Crippen LogP contribution >= 0.6 is 0 Å². The number of fused-ring (bicyclic) bond motifs is 1. The van der Waals surface area contributed by atoms with Gasteiger partial charge in [0.05, 0.1) is 11.7 Å². The van der Waals surface area contributed by atoms with Gasteiger partial charge in [-0.15, -0.1) is 0 Å². The Morgan fingerprint density at radius 2 is 2.17 bits per heavy atom. The fraction of sp³-hybridized carbons (Fsp3) is 0.667. The molecule has 2 aliphatic rings. The van der Waals surface area contributed by atoms with E-state index in [4.69, 9.17) is 5.73 Å². The molecule has 0 bridgehead atoms. The summed E-state index contributed by atoms with van der Waals surface area (Å²) >= 11 is 0. The molecular weight excluding hydrogens is 222 g/mol. The number of hydrogen-bond donors (Lipinski definition) is 1. The summed E-state index contributed by atoms with van der Waals surface area (Å²) in [6, 6.07) is 7.24. The first kappa shape index (κ1) is 12.1. The van der Waals surface area contributed by atoms with E-state index in [0.29, 0.717) is 12.6 Å². The minimum atomic E-state index is 0.317. The van der Waals surface area contributed by atoms with Crippen molar-refractivity contribution in [2.24, 2.45) is 11.7 Å². The Morgan fingerprint density at radius 1 is 1.28 bits per heavy atom. The topological polar surface area (TPSA) is 42.1 Å². The largest absolute Gasteiger partial charge is 0.329 e. The molecule has 3 unspecified atom stereocenters. The van der Waals surface area contributed by atoms with E-state index in [1.165, 1.54) is 38.6 Å². The molecule has 3 rings (SSSR count). The first-order valence-corrected chi connectivity index (χ1v) is 7.27. The maximum Gasteiger partial charge on any atom is 0.0647 e. The van der Waals surface area contributed by atoms with Crippen molar-refractivity contribution in [2.45, 2.75) is 44.2 Å². The summed E-state index contributed by atoms with van der Waals surface area (Å²) in [7, 11) is 0. The maximum absolute atomic E-state index is 6.04. The molecule has 98 valence electrons. The average molecular weight is 245 g/mol. The van der Waals surface area contributed by atoms with E-state index < -0.39 is 0 Å². The number of rotatable bonds is 3. The Bertz CT molecular complexity index is 379. The predicted molar refractivity (Wildman–Crippen MR) is 73.1 cm³/mol. The minimum absolute atomic E-state index is 0.317. The lowest BCUT2D eigenvalue weighted by Crippen LogP contribution is -2.47. The molecule has 3 heteroatoms. The van der Waals surface area contributed by atoms with E-state index in [9.17, 15) is 0 Å². The van der Waals surface area contributed by atoms with Crippen LogP contribution in [-0.2, 0) is 0 Å². The third kappa shape index (κ3) is 2.17. The molecule has 0 radical (unpaired) electrons. The van der Waals surface area contributed by atoms with Crippen LogP contribution in [0.3, 0.4) is 0 Å². The number of pyridine rings is 1. The van der Waals surface area contributed by atoms with E-state index in [0.717, 1.165) is 17.7 Å². The van der Waals surface area contributed by atoms with Gasteiger partial charge in [0.25, 0.3) is 0 Å². The van der Waals surface area contributed by atoms with Crippen LogP contribution < -0.4 is 5.73 Å². The molecule has 2 heterocycles. The van der Waals surface area contributed by atoms with Crippen molar-refractivity contribution in [1.29, 1.82) is 0 Å². The first-order valence-electron chi connectivity index (χ1n) is 7.27. The number of likely N-dealkylation sites (tertiary alicyclic amines) is 1. The van der Waals surface area contributed by atoms with Crippen molar-refractivity contribution in [3.8, 4) is 0 Å². The molecule has 1 saturated heterocycles. The molecule has 1 aromatic heterocycles. The van der Waals surface area contributed by atoms with Crippen LogP contribution in [0.1, 0.15) is 43.8 Å². The molecular formula is C15H23N3. The lowest BCUT2D eigenvalue weighted by atomic mass is 9.90. The van der Waals surface area contributed by atoms with Gasteiger partial charge in [0.15, 0.2) is 0 Å². The van der Waals surface area contributed by atoms with Gasteiger partial charge < -0.3 is 5.73 Å². The van der Waals surface area contributed by atoms with E-state index >= 15 is 0 Å². The van der Waals surface area contributed by atoms with Crippen molar-refractivity contribution in [2.75, 3.05) is 13.1 Å². The second kappa shape index (κ2) is 5.37. The van der Waals surface area contributed by atoms with Crippen LogP contribution in [0.15, 0.2) is 24.4 Å². The molecule has 2 N–H and O–H groups in total. The number of nitrogens with two attached hydrogens (primary N) is 1. The van der Waals surface area contributed by atoms with Gasteiger partial charge in [-0.3, -0.25) is 9.88 Å². The van der Waals surface area contributed by atoms with Gasteiger partial charge in [-0.2, -0.15) is 0 Å². The van der Waals surface area contributed by atoms with Crippen LogP contribution in [-0.4, -0.2) is 29.0 Å². The summed E-state index contributed by atoms with van der Waals surface area (Å²) < 4.78 is 0. The van der Waals surface area contributed by atoms with Crippen LogP contribution in [0, 0.1) is 5.92 Å². The molecule has 1 aliphatic heterocycles. The van der Waals surface area contributed by atoms with Crippen LogP contribution in [0.25, 0.3) is 0 Å². The molecule has 0 aromatic carbocycles. The zero-order valence-electron chi connectivity index (χ0n) is 11.0. The molecule has 18 heavy (non-hydrogen) atoms. The third-order valence-corrected chi connectivity index (χ3v) is 4.69. The smallest absolute Gasteiger partial charge is 0.0647 e. The molecule has 1 aliphatic carbocycles. The summed E-state index contributed by atoms with van der Waals surface area (Å²) in [6.45, 7) is 1.87. The second-order valence-electron chi connectivity index (χ2n) is 5.64. The highest BCUT2D eigenvalue weighted by molar-refractivity contribution is 5.11. The van der Waals surface area contributed by atoms with Crippen LogP contribution in [0.5, 0.6) is 0 Å². The van der Waals surface area contributed by atoms with E-state index in [1.807, 2.05) is 12.3 Å². The maximum atomic E-state index is 6.04. The van der Waals surface area contributed by atoms with Crippen molar-refractivity contribution in [3.05, 3.63) is 30.1 Å². The Balaban J connectivity index is 1.82. The standard InChI is InChI=1S/C15H23N3/c16-11-15(13-7-1-2-9-17-13)18-10-4-6-12-5-3-8-14(12)18/h1-2,7,9,12,14-15H,3-6,8,10-11,16H2. The molecule has 1 saturated carbocycles. The van der Waals surface area contributed by atoms with Gasteiger partial charge in [-0.05, 0) is 50.3 Å². The first-order chi connectivity index (χ1) is 8.90.